The van der Waals surface area contributed by atoms with Gasteiger partial charge in [-0.25, -0.2) is 9.97 Å². The smallest absolute Gasteiger partial charge is 0.171 e. The van der Waals surface area contributed by atoms with E-state index in [2.05, 4.69) is 22.2 Å². The Labute approximate surface area is 95.3 Å². The molecule has 1 saturated carbocycles. The van der Waals surface area contributed by atoms with Crippen molar-refractivity contribution in [3.8, 4) is 0 Å². The topological polar surface area (TPSA) is 37.8 Å². The first kappa shape index (κ1) is 10.7. The first-order chi connectivity index (χ1) is 7.00. The van der Waals surface area contributed by atoms with Crippen LogP contribution in [0.2, 0.25) is 5.15 Å². The molecule has 1 heterocycles. The monoisotopic (exact) mass is 225 g/mol. The van der Waals surface area contributed by atoms with Gasteiger partial charge in [-0.3, -0.25) is 0 Å². The average molecular weight is 226 g/mol. The summed E-state index contributed by atoms with van der Waals surface area (Å²) in [7, 11) is 0. The molecule has 0 amide bonds. The van der Waals surface area contributed by atoms with Gasteiger partial charge in [0.1, 0.15) is 0 Å². The Morgan fingerprint density at radius 2 is 1.80 bits per heavy atom. The number of halogens is 1. The number of anilines is 1. The molecule has 0 radical (unpaired) electrons. The molecule has 0 atom stereocenters. The van der Waals surface area contributed by atoms with Crippen LogP contribution in [0.25, 0.3) is 0 Å². The number of nitrogens with zero attached hydrogens (tertiary/aromatic N) is 2. The lowest BCUT2D eigenvalue weighted by Crippen LogP contribution is -2.42. The van der Waals surface area contributed by atoms with Crippen LogP contribution in [-0.4, -0.2) is 15.5 Å². The maximum atomic E-state index is 6.05. The first-order valence-corrected chi connectivity index (χ1v) is 5.67. The summed E-state index contributed by atoms with van der Waals surface area (Å²) in [4.78, 5) is 8.69. The van der Waals surface area contributed by atoms with Crippen LogP contribution in [0.5, 0.6) is 0 Å². The maximum absolute atomic E-state index is 6.05. The van der Waals surface area contributed by atoms with Gasteiger partial charge < -0.3 is 5.32 Å². The van der Waals surface area contributed by atoms with Gasteiger partial charge in [0.25, 0.3) is 0 Å². The zero-order valence-corrected chi connectivity index (χ0v) is 10.1. The summed E-state index contributed by atoms with van der Waals surface area (Å²) >= 11 is 6.05. The summed E-state index contributed by atoms with van der Waals surface area (Å²) in [5.74, 6) is 0.724. The van der Waals surface area contributed by atoms with Crippen LogP contribution in [0.15, 0.2) is 0 Å². The highest BCUT2D eigenvalue weighted by Gasteiger charge is 2.32. The van der Waals surface area contributed by atoms with Crippen LogP contribution in [0.4, 0.5) is 5.82 Å². The molecular formula is C11H16ClN3. The van der Waals surface area contributed by atoms with Crippen molar-refractivity contribution in [3.63, 3.8) is 0 Å². The third kappa shape index (κ3) is 2.07. The van der Waals surface area contributed by atoms with Gasteiger partial charge in [-0.1, -0.05) is 11.6 Å². The number of rotatable bonds is 2. The standard InChI is InChI=1S/C11H16ClN3/c1-7-8(2)14-10(9(12)13-7)15-11(3)5-4-6-11/h4-6H2,1-3H3,(H,14,15). The quantitative estimate of drug-likeness (QED) is 0.841. The zero-order chi connectivity index (χ0) is 11.1. The van der Waals surface area contributed by atoms with E-state index in [4.69, 9.17) is 11.6 Å². The summed E-state index contributed by atoms with van der Waals surface area (Å²) < 4.78 is 0. The van der Waals surface area contributed by atoms with Crippen molar-refractivity contribution < 1.29 is 0 Å². The Bertz CT molecular complexity index is 386. The second-order valence-corrected chi connectivity index (χ2v) is 4.93. The highest BCUT2D eigenvalue weighted by molar-refractivity contribution is 6.31. The largest absolute Gasteiger partial charge is 0.362 e. The van der Waals surface area contributed by atoms with E-state index in [1.165, 1.54) is 19.3 Å². The lowest BCUT2D eigenvalue weighted by atomic mass is 9.78. The minimum Gasteiger partial charge on any atom is -0.362 e. The van der Waals surface area contributed by atoms with Crippen molar-refractivity contribution in [1.82, 2.24) is 9.97 Å². The molecule has 1 aromatic heterocycles. The van der Waals surface area contributed by atoms with Crippen molar-refractivity contribution in [2.75, 3.05) is 5.32 Å². The fraction of sp³-hybridized carbons (Fsp3) is 0.636. The summed E-state index contributed by atoms with van der Waals surface area (Å²) in [6.07, 6.45) is 3.63. The van der Waals surface area contributed by atoms with Crippen LogP contribution in [-0.2, 0) is 0 Å². The Hall–Kier alpha value is -0.830. The first-order valence-electron chi connectivity index (χ1n) is 5.29. The highest BCUT2D eigenvalue weighted by Crippen LogP contribution is 2.35. The fourth-order valence-corrected chi connectivity index (χ4v) is 1.99. The van der Waals surface area contributed by atoms with Crippen molar-refractivity contribution in [2.24, 2.45) is 0 Å². The lowest BCUT2D eigenvalue weighted by molar-refractivity contribution is 0.305. The summed E-state index contributed by atoms with van der Waals surface area (Å²) in [6.45, 7) is 6.07. The molecule has 1 N–H and O–H groups in total. The molecule has 1 aliphatic rings. The fourth-order valence-electron chi connectivity index (χ4n) is 1.77. The van der Waals surface area contributed by atoms with Crippen LogP contribution in [0.3, 0.4) is 0 Å². The van der Waals surface area contributed by atoms with Crippen LogP contribution in [0.1, 0.15) is 37.6 Å². The maximum Gasteiger partial charge on any atom is 0.171 e. The number of hydrogen-bond acceptors (Lipinski definition) is 3. The second-order valence-electron chi connectivity index (χ2n) is 4.57. The number of aryl methyl sites for hydroxylation is 2. The number of aromatic nitrogens is 2. The van der Waals surface area contributed by atoms with E-state index in [9.17, 15) is 0 Å². The Kier molecular flexibility index (Phi) is 2.59. The van der Waals surface area contributed by atoms with E-state index < -0.39 is 0 Å². The van der Waals surface area contributed by atoms with Crippen LogP contribution >= 0.6 is 11.6 Å². The average Bonchev–Trinajstić information content (AvgIpc) is 2.11. The molecule has 0 unspecified atom stereocenters. The molecule has 2 rings (SSSR count). The predicted molar refractivity (Wildman–Crippen MR) is 62.4 cm³/mol. The van der Waals surface area contributed by atoms with Crippen LogP contribution < -0.4 is 5.32 Å². The predicted octanol–water partition coefficient (Wildman–Crippen LogP) is 3.10. The minimum atomic E-state index is 0.167. The van der Waals surface area contributed by atoms with E-state index >= 15 is 0 Å². The van der Waals surface area contributed by atoms with E-state index in [1.54, 1.807) is 0 Å². The Morgan fingerprint density at radius 3 is 2.33 bits per heavy atom. The van der Waals surface area contributed by atoms with Gasteiger partial charge in [-0.2, -0.15) is 0 Å². The van der Waals surface area contributed by atoms with Gasteiger partial charge in [0, 0.05) is 5.54 Å². The number of nitrogens with one attached hydrogen (secondary N) is 1. The molecule has 15 heavy (non-hydrogen) atoms. The van der Waals surface area contributed by atoms with Crippen molar-refractivity contribution in [3.05, 3.63) is 16.5 Å². The van der Waals surface area contributed by atoms with Gasteiger partial charge in [0.05, 0.1) is 11.4 Å². The van der Waals surface area contributed by atoms with Gasteiger partial charge in [0.15, 0.2) is 11.0 Å². The molecular weight excluding hydrogens is 210 g/mol. The van der Waals surface area contributed by atoms with E-state index in [0.717, 1.165) is 17.2 Å². The summed E-state index contributed by atoms with van der Waals surface area (Å²) in [5.41, 5.74) is 1.99. The normalized spacial score (nSPS) is 18.4. The lowest BCUT2D eigenvalue weighted by Gasteiger charge is -2.39. The summed E-state index contributed by atoms with van der Waals surface area (Å²) in [5, 5.41) is 3.86. The van der Waals surface area contributed by atoms with E-state index in [0.29, 0.717) is 5.15 Å². The van der Waals surface area contributed by atoms with Crippen molar-refractivity contribution in [2.45, 2.75) is 45.6 Å². The molecule has 1 aliphatic carbocycles. The molecule has 3 nitrogen and oxygen atoms in total. The Morgan fingerprint density at radius 1 is 1.20 bits per heavy atom. The summed E-state index contributed by atoms with van der Waals surface area (Å²) in [6, 6.07) is 0. The van der Waals surface area contributed by atoms with Crippen molar-refractivity contribution in [1.29, 1.82) is 0 Å². The van der Waals surface area contributed by atoms with Crippen LogP contribution in [0, 0.1) is 13.8 Å². The minimum absolute atomic E-state index is 0.167. The third-order valence-corrected chi connectivity index (χ3v) is 3.41. The molecule has 1 fully saturated rings. The molecule has 1 aromatic rings. The third-order valence-electron chi connectivity index (χ3n) is 3.14. The second kappa shape index (κ2) is 3.63. The highest BCUT2D eigenvalue weighted by atomic mass is 35.5. The molecule has 82 valence electrons. The molecule has 0 aromatic carbocycles. The molecule has 4 heteroatoms. The van der Waals surface area contributed by atoms with Gasteiger partial charge in [0.2, 0.25) is 0 Å². The van der Waals surface area contributed by atoms with Gasteiger partial charge in [-0.05, 0) is 40.0 Å². The van der Waals surface area contributed by atoms with E-state index in [-0.39, 0.29) is 5.54 Å². The molecule has 0 saturated heterocycles. The Balaban J connectivity index is 2.24. The molecule has 0 bridgehead atoms. The molecule has 0 spiro atoms. The SMILES string of the molecule is Cc1nc(Cl)c(NC2(C)CCC2)nc1C. The molecule has 0 aliphatic heterocycles. The van der Waals surface area contributed by atoms with Gasteiger partial charge >= 0.3 is 0 Å². The van der Waals surface area contributed by atoms with E-state index in [1.807, 2.05) is 13.8 Å². The van der Waals surface area contributed by atoms with Crippen molar-refractivity contribution >= 4 is 17.4 Å². The zero-order valence-electron chi connectivity index (χ0n) is 9.39. The van der Waals surface area contributed by atoms with Gasteiger partial charge in [-0.15, -0.1) is 0 Å². The number of hydrogen-bond donors (Lipinski definition) is 1.